The third kappa shape index (κ3) is 2.97. The van der Waals surface area contributed by atoms with Crippen LogP contribution in [-0.4, -0.2) is 31.8 Å². The van der Waals surface area contributed by atoms with Crippen molar-refractivity contribution < 1.29 is 4.74 Å². The lowest BCUT2D eigenvalue weighted by Crippen LogP contribution is -2.32. The third-order valence-electron chi connectivity index (χ3n) is 2.17. The molecule has 78 valence electrons. The van der Waals surface area contributed by atoms with Crippen LogP contribution in [0.5, 0.6) is 0 Å². The summed E-state index contributed by atoms with van der Waals surface area (Å²) in [6.45, 7) is 0.671. The van der Waals surface area contributed by atoms with E-state index in [2.05, 4.69) is 10.3 Å². The molecule has 1 aromatic heterocycles. The smallest absolute Gasteiger partial charge is 0.126 e. The van der Waals surface area contributed by atoms with Gasteiger partial charge in [-0.2, -0.15) is 0 Å². The van der Waals surface area contributed by atoms with E-state index in [9.17, 15) is 0 Å². The zero-order valence-electron chi connectivity index (χ0n) is 8.66. The minimum atomic E-state index is 0.284. The molecule has 0 amide bonds. The molecular weight excluding hydrogens is 178 g/mol. The SMILES string of the molecule is CNC(COC)Cc1cccnc1N. The minimum Gasteiger partial charge on any atom is -0.383 e. The quantitative estimate of drug-likeness (QED) is 0.715. The summed E-state index contributed by atoms with van der Waals surface area (Å²) in [4.78, 5) is 4.04. The number of anilines is 1. The molecule has 3 N–H and O–H groups in total. The van der Waals surface area contributed by atoms with Crippen molar-refractivity contribution in [2.75, 3.05) is 26.5 Å². The lowest BCUT2D eigenvalue weighted by atomic mass is 10.1. The van der Waals surface area contributed by atoms with Gasteiger partial charge in [0.1, 0.15) is 5.82 Å². The van der Waals surface area contributed by atoms with Crippen molar-refractivity contribution in [3.8, 4) is 0 Å². The van der Waals surface area contributed by atoms with E-state index in [1.807, 2.05) is 19.2 Å². The van der Waals surface area contributed by atoms with Crippen LogP contribution in [-0.2, 0) is 11.2 Å². The van der Waals surface area contributed by atoms with Crippen molar-refractivity contribution in [2.45, 2.75) is 12.5 Å². The van der Waals surface area contributed by atoms with Crippen LogP contribution in [0, 0.1) is 0 Å². The zero-order chi connectivity index (χ0) is 10.4. The highest BCUT2D eigenvalue weighted by Crippen LogP contribution is 2.09. The number of ether oxygens (including phenoxy) is 1. The number of rotatable bonds is 5. The van der Waals surface area contributed by atoms with Crippen LogP contribution in [0.25, 0.3) is 0 Å². The third-order valence-corrected chi connectivity index (χ3v) is 2.17. The van der Waals surface area contributed by atoms with Crippen LogP contribution >= 0.6 is 0 Å². The van der Waals surface area contributed by atoms with Crippen molar-refractivity contribution in [3.05, 3.63) is 23.9 Å². The maximum atomic E-state index is 5.74. The Kier molecular flexibility index (Phi) is 4.35. The molecule has 4 heteroatoms. The molecule has 0 fully saturated rings. The second kappa shape index (κ2) is 5.57. The predicted octanol–water partition coefficient (Wildman–Crippen LogP) is 0.441. The second-order valence-corrected chi connectivity index (χ2v) is 3.19. The number of nitrogens with one attached hydrogen (secondary N) is 1. The van der Waals surface area contributed by atoms with Gasteiger partial charge in [-0.05, 0) is 25.1 Å². The van der Waals surface area contributed by atoms with E-state index in [1.165, 1.54) is 0 Å². The standard InChI is InChI=1S/C10H17N3O/c1-12-9(7-14-2)6-8-4-3-5-13-10(8)11/h3-5,9,12H,6-7H2,1-2H3,(H2,11,13). The van der Waals surface area contributed by atoms with Gasteiger partial charge in [0, 0.05) is 19.3 Å². The van der Waals surface area contributed by atoms with E-state index in [-0.39, 0.29) is 6.04 Å². The van der Waals surface area contributed by atoms with E-state index in [0.29, 0.717) is 12.4 Å². The summed E-state index contributed by atoms with van der Waals surface area (Å²) in [6, 6.07) is 4.17. The lowest BCUT2D eigenvalue weighted by molar-refractivity contribution is 0.169. The molecule has 0 spiro atoms. The highest BCUT2D eigenvalue weighted by molar-refractivity contribution is 5.38. The Bertz CT molecular complexity index is 278. The summed E-state index contributed by atoms with van der Waals surface area (Å²) in [5, 5.41) is 3.17. The van der Waals surface area contributed by atoms with E-state index >= 15 is 0 Å². The summed E-state index contributed by atoms with van der Waals surface area (Å²) in [6.07, 6.45) is 2.54. The zero-order valence-corrected chi connectivity index (χ0v) is 8.66. The van der Waals surface area contributed by atoms with Crippen molar-refractivity contribution in [3.63, 3.8) is 0 Å². The van der Waals surface area contributed by atoms with Gasteiger partial charge in [-0.1, -0.05) is 6.07 Å². The van der Waals surface area contributed by atoms with E-state index in [0.717, 1.165) is 12.0 Å². The molecule has 1 aromatic rings. The summed E-state index contributed by atoms with van der Waals surface area (Å²) < 4.78 is 5.08. The Morgan fingerprint density at radius 3 is 3.00 bits per heavy atom. The molecule has 0 bridgehead atoms. The first-order chi connectivity index (χ1) is 6.77. The normalized spacial score (nSPS) is 12.7. The van der Waals surface area contributed by atoms with Crippen LogP contribution in [0.2, 0.25) is 0 Å². The molecule has 1 unspecified atom stereocenters. The van der Waals surface area contributed by atoms with Gasteiger partial charge >= 0.3 is 0 Å². The van der Waals surface area contributed by atoms with Gasteiger partial charge in [-0.25, -0.2) is 4.98 Å². The molecule has 0 radical (unpaired) electrons. The highest BCUT2D eigenvalue weighted by Gasteiger charge is 2.08. The van der Waals surface area contributed by atoms with Gasteiger partial charge in [-0.3, -0.25) is 0 Å². The molecule has 0 aliphatic carbocycles. The molecule has 4 nitrogen and oxygen atoms in total. The van der Waals surface area contributed by atoms with Crippen molar-refractivity contribution in [2.24, 2.45) is 0 Å². The van der Waals surface area contributed by atoms with E-state index < -0.39 is 0 Å². The maximum Gasteiger partial charge on any atom is 0.126 e. The largest absolute Gasteiger partial charge is 0.383 e. The fourth-order valence-electron chi connectivity index (χ4n) is 1.33. The fourth-order valence-corrected chi connectivity index (χ4v) is 1.33. The summed E-state index contributed by atoms with van der Waals surface area (Å²) in [5.74, 6) is 0.601. The lowest BCUT2D eigenvalue weighted by Gasteiger charge is -2.15. The molecule has 0 aromatic carbocycles. The molecule has 14 heavy (non-hydrogen) atoms. The van der Waals surface area contributed by atoms with Crippen LogP contribution in [0.15, 0.2) is 18.3 Å². The molecule has 1 rings (SSSR count). The first-order valence-electron chi connectivity index (χ1n) is 4.63. The average Bonchev–Trinajstić information content (AvgIpc) is 2.20. The first-order valence-corrected chi connectivity index (χ1v) is 4.63. The van der Waals surface area contributed by atoms with Crippen molar-refractivity contribution >= 4 is 5.82 Å². The second-order valence-electron chi connectivity index (χ2n) is 3.19. The van der Waals surface area contributed by atoms with Crippen LogP contribution in [0.4, 0.5) is 5.82 Å². The van der Waals surface area contributed by atoms with Crippen LogP contribution < -0.4 is 11.1 Å². The monoisotopic (exact) mass is 195 g/mol. The molecule has 1 atom stereocenters. The summed E-state index contributed by atoms with van der Waals surface area (Å²) >= 11 is 0. The number of nitrogen functional groups attached to an aromatic ring is 1. The minimum absolute atomic E-state index is 0.284. The number of methoxy groups -OCH3 is 1. The van der Waals surface area contributed by atoms with Gasteiger partial charge in [0.2, 0.25) is 0 Å². The van der Waals surface area contributed by atoms with Gasteiger partial charge < -0.3 is 15.8 Å². The number of likely N-dealkylation sites (N-methyl/N-ethyl adjacent to an activating group) is 1. The van der Waals surface area contributed by atoms with E-state index in [1.54, 1.807) is 13.3 Å². The molecule has 0 aliphatic rings. The van der Waals surface area contributed by atoms with Crippen molar-refractivity contribution in [1.82, 2.24) is 10.3 Å². The van der Waals surface area contributed by atoms with Gasteiger partial charge in [0.25, 0.3) is 0 Å². The van der Waals surface area contributed by atoms with Crippen LogP contribution in [0.1, 0.15) is 5.56 Å². The Hall–Kier alpha value is -1.13. The number of pyridine rings is 1. The van der Waals surface area contributed by atoms with Gasteiger partial charge in [0.15, 0.2) is 0 Å². The van der Waals surface area contributed by atoms with Gasteiger partial charge in [-0.15, -0.1) is 0 Å². The predicted molar refractivity (Wildman–Crippen MR) is 57.1 cm³/mol. The number of nitrogens with two attached hydrogens (primary N) is 1. The average molecular weight is 195 g/mol. The number of aromatic nitrogens is 1. The maximum absolute atomic E-state index is 5.74. The van der Waals surface area contributed by atoms with Gasteiger partial charge in [0.05, 0.1) is 6.61 Å². The first kappa shape index (κ1) is 10.9. The molecule has 0 saturated carbocycles. The number of hydrogen-bond acceptors (Lipinski definition) is 4. The molecule has 0 saturated heterocycles. The molecule has 1 heterocycles. The fraction of sp³-hybridized carbons (Fsp3) is 0.500. The highest BCUT2D eigenvalue weighted by atomic mass is 16.5. The van der Waals surface area contributed by atoms with Crippen molar-refractivity contribution in [1.29, 1.82) is 0 Å². The number of nitrogens with zero attached hydrogens (tertiary/aromatic N) is 1. The van der Waals surface area contributed by atoms with E-state index in [4.69, 9.17) is 10.5 Å². The Labute approximate surface area is 84.5 Å². The summed E-state index contributed by atoms with van der Waals surface area (Å²) in [7, 11) is 3.60. The molecule has 0 aliphatic heterocycles. The molecular formula is C10H17N3O. The number of hydrogen-bond donors (Lipinski definition) is 2. The Balaban J connectivity index is 2.62. The Morgan fingerprint density at radius 2 is 2.43 bits per heavy atom. The summed E-state index contributed by atoms with van der Waals surface area (Å²) in [5.41, 5.74) is 6.80. The van der Waals surface area contributed by atoms with Crippen LogP contribution in [0.3, 0.4) is 0 Å². The Morgan fingerprint density at radius 1 is 1.64 bits per heavy atom. The topological polar surface area (TPSA) is 60.2 Å².